The van der Waals surface area contributed by atoms with E-state index in [1.807, 2.05) is 31.2 Å². The molecule has 5 nitrogen and oxygen atoms in total. The highest BCUT2D eigenvalue weighted by atomic mass is 16.5. The minimum absolute atomic E-state index is 0.382. The van der Waals surface area contributed by atoms with E-state index in [0.29, 0.717) is 17.9 Å². The first-order valence-electron chi connectivity index (χ1n) is 6.68. The second-order valence-corrected chi connectivity index (χ2v) is 4.54. The smallest absolute Gasteiger partial charge is 0.337 e. The van der Waals surface area contributed by atoms with Crippen LogP contribution in [0.3, 0.4) is 0 Å². The van der Waals surface area contributed by atoms with Gasteiger partial charge >= 0.3 is 5.97 Å². The minimum atomic E-state index is -1.67. The SMILES string of the molecule is CCOc1ccc2ccccc2c1C(O)C(O)C(=O)OC. The van der Waals surface area contributed by atoms with Crippen LogP contribution < -0.4 is 4.74 Å². The fraction of sp³-hybridized carbons (Fsp3) is 0.312. The van der Waals surface area contributed by atoms with Gasteiger partial charge in [0.1, 0.15) is 11.9 Å². The summed E-state index contributed by atoms with van der Waals surface area (Å²) in [7, 11) is 1.16. The number of fused-ring (bicyclic) bond motifs is 1. The molecule has 0 aromatic heterocycles. The Morgan fingerprint density at radius 1 is 1.19 bits per heavy atom. The molecule has 2 aromatic carbocycles. The Hall–Kier alpha value is -2.11. The van der Waals surface area contributed by atoms with Gasteiger partial charge in [0, 0.05) is 5.56 Å². The average Bonchev–Trinajstić information content (AvgIpc) is 2.52. The van der Waals surface area contributed by atoms with Crippen molar-refractivity contribution in [3.63, 3.8) is 0 Å². The molecule has 0 aliphatic rings. The van der Waals surface area contributed by atoms with E-state index in [2.05, 4.69) is 4.74 Å². The summed E-state index contributed by atoms with van der Waals surface area (Å²) in [5, 5.41) is 21.9. The van der Waals surface area contributed by atoms with Gasteiger partial charge in [-0.3, -0.25) is 0 Å². The van der Waals surface area contributed by atoms with E-state index in [1.54, 1.807) is 12.1 Å². The van der Waals surface area contributed by atoms with Crippen molar-refractivity contribution in [2.45, 2.75) is 19.1 Å². The summed E-state index contributed by atoms with van der Waals surface area (Å²) in [5.74, 6) is -0.454. The van der Waals surface area contributed by atoms with Gasteiger partial charge in [-0.1, -0.05) is 30.3 Å². The molecule has 5 heteroatoms. The van der Waals surface area contributed by atoms with E-state index in [9.17, 15) is 15.0 Å². The Morgan fingerprint density at radius 2 is 1.90 bits per heavy atom. The minimum Gasteiger partial charge on any atom is -0.493 e. The topological polar surface area (TPSA) is 76.0 Å². The third kappa shape index (κ3) is 2.99. The second kappa shape index (κ2) is 6.56. The van der Waals surface area contributed by atoms with Crippen LogP contribution >= 0.6 is 0 Å². The molecular weight excluding hydrogens is 272 g/mol. The van der Waals surface area contributed by atoms with Gasteiger partial charge in [-0.15, -0.1) is 0 Å². The first kappa shape index (κ1) is 15.3. The van der Waals surface area contributed by atoms with Crippen molar-refractivity contribution >= 4 is 16.7 Å². The molecule has 112 valence electrons. The molecule has 0 radical (unpaired) electrons. The van der Waals surface area contributed by atoms with Crippen molar-refractivity contribution in [3.05, 3.63) is 42.0 Å². The molecule has 21 heavy (non-hydrogen) atoms. The van der Waals surface area contributed by atoms with Crippen LogP contribution in [0.25, 0.3) is 10.8 Å². The Balaban J connectivity index is 2.57. The zero-order chi connectivity index (χ0) is 15.4. The van der Waals surface area contributed by atoms with Gasteiger partial charge < -0.3 is 19.7 Å². The summed E-state index contributed by atoms with van der Waals surface area (Å²) in [4.78, 5) is 11.5. The van der Waals surface area contributed by atoms with Crippen LogP contribution in [0.15, 0.2) is 36.4 Å². The first-order chi connectivity index (χ1) is 10.1. The van der Waals surface area contributed by atoms with Crippen LogP contribution in [-0.2, 0) is 9.53 Å². The van der Waals surface area contributed by atoms with Crippen LogP contribution in [0.5, 0.6) is 5.75 Å². The van der Waals surface area contributed by atoms with Gasteiger partial charge in [-0.05, 0) is 23.8 Å². The van der Waals surface area contributed by atoms with Gasteiger partial charge in [0.05, 0.1) is 13.7 Å². The first-order valence-corrected chi connectivity index (χ1v) is 6.68. The second-order valence-electron chi connectivity index (χ2n) is 4.54. The number of carbonyl (C=O) groups is 1. The Bertz CT molecular complexity index is 638. The summed E-state index contributed by atoms with van der Waals surface area (Å²) in [6.45, 7) is 2.23. The van der Waals surface area contributed by atoms with Crippen molar-refractivity contribution < 1.29 is 24.5 Å². The molecule has 0 saturated carbocycles. The molecule has 0 amide bonds. The summed E-state index contributed by atoms with van der Waals surface area (Å²) < 4.78 is 9.98. The quantitative estimate of drug-likeness (QED) is 0.821. The van der Waals surface area contributed by atoms with Crippen LogP contribution in [0.1, 0.15) is 18.6 Å². The molecule has 0 aliphatic heterocycles. The molecule has 2 atom stereocenters. The van der Waals surface area contributed by atoms with E-state index in [1.165, 1.54) is 0 Å². The molecule has 0 spiro atoms. The number of carbonyl (C=O) groups excluding carboxylic acids is 1. The molecule has 2 aromatic rings. The predicted octanol–water partition coefficient (Wildman–Crippen LogP) is 1.81. The molecule has 0 fully saturated rings. The molecular formula is C16H18O5. The lowest BCUT2D eigenvalue weighted by Crippen LogP contribution is -2.29. The number of rotatable bonds is 5. The van der Waals surface area contributed by atoms with Crippen LogP contribution in [0.4, 0.5) is 0 Å². The highest BCUT2D eigenvalue weighted by Crippen LogP contribution is 2.35. The van der Waals surface area contributed by atoms with Crippen molar-refractivity contribution in [2.24, 2.45) is 0 Å². The van der Waals surface area contributed by atoms with E-state index in [-0.39, 0.29) is 0 Å². The fourth-order valence-electron chi connectivity index (χ4n) is 2.27. The lowest BCUT2D eigenvalue weighted by molar-refractivity contribution is -0.156. The third-order valence-corrected chi connectivity index (χ3v) is 3.27. The van der Waals surface area contributed by atoms with Crippen molar-refractivity contribution in [3.8, 4) is 5.75 Å². The number of ether oxygens (including phenoxy) is 2. The molecule has 2 unspecified atom stereocenters. The van der Waals surface area contributed by atoms with E-state index >= 15 is 0 Å². The molecule has 2 rings (SSSR count). The van der Waals surface area contributed by atoms with Gasteiger partial charge in [-0.25, -0.2) is 4.79 Å². The van der Waals surface area contributed by atoms with Crippen molar-refractivity contribution in [1.29, 1.82) is 0 Å². The summed E-state index contributed by atoms with van der Waals surface area (Å²) in [6.07, 6.45) is -3.09. The molecule has 0 bridgehead atoms. The van der Waals surface area contributed by atoms with Crippen LogP contribution in [-0.4, -0.2) is 36.0 Å². The number of aliphatic hydroxyl groups excluding tert-OH is 2. The summed E-state index contributed by atoms with van der Waals surface area (Å²) >= 11 is 0. The lowest BCUT2D eigenvalue weighted by atomic mass is 9.96. The lowest BCUT2D eigenvalue weighted by Gasteiger charge is -2.21. The maximum atomic E-state index is 11.5. The van der Waals surface area contributed by atoms with Crippen molar-refractivity contribution in [1.82, 2.24) is 0 Å². The third-order valence-electron chi connectivity index (χ3n) is 3.27. The number of aliphatic hydroxyl groups is 2. The Labute approximate surface area is 122 Å². The normalized spacial score (nSPS) is 13.7. The van der Waals surface area contributed by atoms with Gasteiger partial charge in [0.25, 0.3) is 0 Å². The zero-order valence-electron chi connectivity index (χ0n) is 11.9. The standard InChI is InChI=1S/C16H18O5/c1-3-21-12-9-8-10-6-4-5-7-11(10)13(12)14(17)15(18)16(19)20-2/h4-9,14-15,17-18H,3H2,1-2H3. The molecule has 0 saturated heterocycles. The molecule has 2 N–H and O–H groups in total. The molecule has 0 heterocycles. The Kier molecular flexibility index (Phi) is 4.77. The maximum Gasteiger partial charge on any atom is 0.337 e. The number of methoxy groups -OCH3 is 1. The number of benzene rings is 2. The summed E-state index contributed by atoms with van der Waals surface area (Å²) in [6, 6.07) is 11.0. The zero-order valence-corrected chi connectivity index (χ0v) is 11.9. The fourth-order valence-corrected chi connectivity index (χ4v) is 2.27. The molecule has 0 aliphatic carbocycles. The Morgan fingerprint density at radius 3 is 2.57 bits per heavy atom. The van der Waals surface area contributed by atoms with Crippen LogP contribution in [0, 0.1) is 0 Å². The van der Waals surface area contributed by atoms with E-state index < -0.39 is 18.2 Å². The highest BCUT2D eigenvalue weighted by molar-refractivity contribution is 5.89. The highest BCUT2D eigenvalue weighted by Gasteiger charge is 2.30. The van der Waals surface area contributed by atoms with Gasteiger partial charge in [0.15, 0.2) is 6.10 Å². The van der Waals surface area contributed by atoms with Gasteiger partial charge in [0.2, 0.25) is 0 Å². The van der Waals surface area contributed by atoms with Crippen molar-refractivity contribution in [2.75, 3.05) is 13.7 Å². The monoisotopic (exact) mass is 290 g/mol. The predicted molar refractivity (Wildman–Crippen MR) is 78.1 cm³/mol. The maximum absolute atomic E-state index is 11.5. The van der Waals surface area contributed by atoms with Gasteiger partial charge in [-0.2, -0.15) is 0 Å². The number of hydrogen-bond acceptors (Lipinski definition) is 5. The summed E-state index contributed by atoms with van der Waals surface area (Å²) in [5.41, 5.74) is 0.382. The largest absolute Gasteiger partial charge is 0.493 e. The number of hydrogen-bond donors (Lipinski definition) is 2. The van der Waals surface area contributed by atoms with E-state index in [0.717, 1.165) is 17.9 Å². The number of esters is 1. The van der Waals surface area contributed by atoms with E-state index in [4.69, 9.17) is 4.74 Å². The van der Waals surface area contributed by atoms with Crippen LogP contribution in [0.2, 0.25) is 0 Å². The average molecular weight is 290 g/mol.